The highest BCUT2D eigenvalue weighted by molar-refractivity contribution is 6.49. The van der Waals surface area contributed by atoms with Crippen molar-refractivity contribution in [1.82, 2.24) is 11.0 Å². The lowest BCUT2D eigenvalue weighted by Gasteiger charge is -2.08. The van der Waals surface area contributed by atoms with Gasteiger partial charge < -0.3 is 0 Å². The third-order valence-electron chi connectivity index (χ3n) is 1.43. The van der Waals surface area contributed by atoms with Crippen LogP contribution in [0.3, 0.4) is 0 Å². The normalized spacial score (nSPS) is 18.7. The van der Waals surface area contributed by atoms with Gasteiger partial charge in [-0.05, 0) is 26.0 Å². The molecule has 0 aromatic rings. The van der Waals surface area contributed by atoms with E-state index >= 15 is 0 Å². The second-order valence-electron chi connectivity index (χ2n) is 3.04. The first-order chi connectivity index (χ1) is 6.20. The van der Waals surface area contributed by atoms with Crippen molar-refractivity contribution in [3.63, 3.8) is 0 Å². The number of nitrogens with one attached hydrogen (secondary N) is 3. The Hall–Kier alpha value is -1.42. The number of hydrogen-bond acceptors (Lipinski definition) is 4. The van der Waals surface area contributed by atoms with Gasteiger partial charge in [-0.15, -0.1) is 0 Å². The summed E-state index contributed by atoms with van der Waals surface area (Å²) in [5.74, 6) is 0. The van der Waals surface area contributed by atoms with E-state index in [1.165, 1.54) is 0 Å². The van der Waals surface area contributed by atoms with Crippen LogP contribution < -0.4 is 11.0 Å². The van der Waals surface area contributed by atoms with E-state index in [1.807, 2.05) is 26.0 Å². The van der Waals surface area contributed by atoms with Gasteiger partial charge in [0.15, 0.2) is 0 Å². The lowest BCUT2D eigenvalue weighted by atomic mass is 10.1. The molecule has 0 atom stereocenters. The van der Waals surface area contributed by atoms with E-state index in [9.17, 15) is 0 Å². The molecular formula is C9H14N4. The highest BCUT2D eigenvalue weighted by Gasteiger charge is 2.02. The van der Waals surface area contributed by atoms with Crippen LogP contribution in [0, 0.1) is 5.41 Å². The Labute approximate surface area is 77.9 Å². The molecule has 13 heavy (non-hydrogen) atoms. The Balaban J connectivity index is 2.47. The molecule has 1 aliphatic rings. The molecule has 1 rings (SSSR count). The van der Waals surface area contributed by atoms with Gasteiger partial charge in [0.1, 0.15) is 5.71 Å². The Kier molecular flexibility index (Phi) is 3.40. The summed E-state index contributed by atoms with van der Waals surface area (Å²) in [6, 6.07) is 0.321. The van der Waals surface area contributed by atoms with Gasteiger partial charge in [-0.3, -0.25) is 5.41 Å². The molecule has 0 amide bonds. The first-order valence-electron chi connectivity index (χ1n) is 4.22. The minimum Gasteiger partial charge on any atom is -0.299 e. The van der Waals surface area contributed by atoms with Gasteiger partial charge >= 0.3 is 0 Å². The molecular weight excluding hydrogens is 164 g/mol. The Morgan fingerprint density at radius 1 is 1.31 bits per heavy atom. The first-order valence-corrected chi connectivity index (χ1v) is 4.22. The lowest BCUT2D eigenvalue weighted by molar-refractivity contribution is 0.490. The van der Waals surface area contributed by atoms with Crippen molar-refractivity contribution < 1.29 is 0 Å². The monoisotopic (exact) mass is 178 g/mol. The quantitative estimate of drug-likeness (QED) is 0.446. The molecule has 0 aromatic heterocycles. The minimum atomic E-state index is 0.321. The summed E-state index contributed by atoms with van der Waals surface area (Å²) >= 11 is 0. The van der Waals surface area contributed by atoms with Crippen LogP contribution in [-0.2, 0) is 0 Å². The summed E-state index contributed by atoms with van der Waals surface area (Å²) in [5, 5.41) is 11.5. The average molecular weight is 178 g/mol. The molecule has 0 saturated carbocycles. The molecule has 0 radical (unpaired) electrons. The van der Waals surface area contributed by atoms with Crippen molar-refractivity contribution in [2.45, 2.75) is 19.9 Å². The van der Waals surface area contributed by atoms with E-state index in [-0.39, 0.29) is 0 Å². The molecule has 0 aromatic carbocycles. The third-order valence-corrected chi connectivity index (χ3v) is 1.43. The summed E-state index contributed by atoms with van der Waals surface area (Å²) < 4.78 is 0. The van der Waals surface area contributed by atoms with E-state index < -0.39 is 0 Å². The number of hydrogen-bond donors (Lipinski definition) is 3. The molecule has 3 N–H and O–H groups in total. The molecule has 0 aliphatic heterocycles. The first kappa shape index (κ1) is 9.67. The van der Waals surface area contributed by atoms with Crippen molar-refractivity contribution in [1.29, 1.82) is 5.41 Å². The van der Waals surface area contributed by atoms with Crippen molar-refractivity contribution >= 4 is 11.4 Å². The van der Waals surface area contributed by atoms with Crippen LogP contribution in [0.25, 0.3) is 0 Å². The fraction of sp³-hybridized carbons (Fsp3) is 0.333. The summed E-state index contributed by atoms with van der Waals surface area (Å²) in [7, 11) is 0. The highest BCUT2D eigenvalue weighted by Crippen LogP contribution is 1.94. The zero-order chi connectivity index (χ0) is 9.68. The Morgan fingerprint density at radius 2 is 2.00 bits per heavy atom. The highest BCUT2D eigenvalue weighted by atomic mass is 15.6. The van der Waals surface area contributed by atoms with Crippen molar-refractivity contribution in [3.05, 3.63) is 24.3 Å². The molecule has 0 spiro atoms. The van der Waals surface area contributed by atoms with E-state index in [1.54, 1.807) is 12.2 Å². The predicted molar refractivity (Wildman–Crippen MR) is 54.8 cm³/mol. The summed E-state index contributed by atoms with van der Waals surface area (Å²) in [6.07, 6.45) is 7.17. The van der Waals surface area contributed by atoms with Crippen LogP contribution in [-0.4, -0.2) is 17.5 Å². The Bertz CT molecular complexity index is 273. The maximum Gasteiger partial charge on any atom is 0.109 e. The average Bonchev–Trinajstić information content (AvgIpc) is 2.08. The number of nitrogens with zero attached hydrogens (tertiary/aromatic N) is 1. The van der Waals surface area contributed by atoms with Gasteiger partial charge in [0.25, 0.3) is 0 Å². The molecule has 4 heteroatoms. The van der Waals surface area contributed by atoms with Crippen LogP contribution in [0.15, 0.2) is 29.4 Å². The topological polar surface area (TPSA) is 60.3 Å². The van der Waals surface area contributed by atoms with Crippen LogP contribution >= 0.6 is 0 Å². The standard InChI is InChI=1S/C9H14N4/c1-7(2)11-13-12-9-6-4-3-5-8(9)10/h3-7,10-11,13H,1-2H3/b10-8?,12-9-. The molecule has 0 fully saturated rings. The molecule has 0 heterocycles. The second-order valence-corrected chi connectivity index (χ2v) is 3.04. The van der Waals surface area contributed by atoms with Crippen LogP contribution in [0.5, 0.6) is 0 Å². The third kappa shape index (κ3) is 3.21. The fourth-order valence-electron chi connectivity index (χ4n) is 0.793. The maximum absolute atomic E-state index is 7.50. The van der Waals surface area contributed by atoms with Crippen LogP contribution in [0.1, 0.15) is 13.8 Å². The van der Waals surface area contributed by atoms with Crippen LogP contribution in [0.2, 0.25) is 0 Å². The van der Waals surface area contributed by atoms with Gasteiger partial charge in [-0.2, -0.15) is 5.10 Å². The molecule has 0 saturated heterocycles. The summed E-state index contributed by atoms with van der Waals surface area (Å²) in [4.78, 5) is 0. The molecule has 0 unspecified atom stereocenters. The maximum atomic E-state index is 7.50. The number of hydrazine groups is 1. The number of hydrazone groups is 1. The van der Waals surface area contributed by atoms with Gasteiger partial charge in [-0.25, -0.2) is 11.0 Å². The van der Waals surface area contributed by atoms with Crippen molar-refractivity contribution in [2.24, 2.45) is 5.10 Å². The van der Waals surface area contributed by atoms with Gasteiger partial charge in [-0.1, -0.05) is 12.2 Å². The number of rotatable bonds is 3. The molecule has 1 aliphatic carbocycles. The van der Waals surface area contributed by atoms with E-state index in [4.69, 9.17) is 5.41 Å². The van der Waals surface area contributed by atoms with Gasteiger partial charge in [0, 0.05) is 6.04 Å². The zero-order valence-corrected chi connectivity index (χ0v) is 7.83. The van der Waals surface area contributed by atoms with Crippen LogP contribution in [0.4, 0.5) is 0 Å². The second kappa shape index (κ2) is 4.57. The molecule has 70 valence electrons. The van der Waals surface area contributed by atoms with E-state index in [0.717, 1.165) is 0 Å². The smallest absolute Gasteiger partial charge is 0.109 e. The predicted octanol–water partition coefficient (Wildman–Crippen LogP) is 0.991. The van der Waals surface area contributed by atoms with Gasteiger partial charge in [0.05, 0.1) is 5.71 Å². The van der Waals surface area contributed by atoms with E-state index in [0.29, 0.717) is 17.5 Å². The Morgan fingerprint density at radius 3 is 2.62 bits per heavy atom. The SMILES string of the molecule is CC(C)NN/N=C1/C=CC=CC1=N. The van der Waals surface area contributed by atoms with Crippen molar-refractivity contribution in [2.75, 3.05) is 0 Å². The number of allylic oxidation sites excluding steroid dienone is 4. The summed E-state index contributed by atoms with van der Waals surface area (Å²) in [6.45, 7) is 4.02. The largest absolute Gasteiger partial charge is 0.299 e. The molecule has 0 bridgehead atoms. The summed E-state index contributed by atoms with van der Waals surface area (Å²) in [5.41, 5.74) is 6.67. The lowest BCUT2D eigenvalue weighted by Crippen LogP contribution is -2.34. The zero-order valence-electron chi connectivity index (χ0n) is 7.83. The molecule has 4 nitrogen and oxygen atoms in total. The van der Waals surface area contributed by atoms with Crippen molar-refractivity contribution in [3.8, 4) is 0 Å². The van der Waals surface area contributed by atoms with Gasteiger partial charge in [0.2, 0.25) is 0 Å². The fourth-order valence-corrected chi connectivity index (χ4v) is 0.793. The minimum absolute atomic E-state index is 0.321. The van der Waals surface area contributed by atoms with E-state index in [2.05, 4.69) is 16.1 Å².